The Morgan fingerprint density at radius 2 is 1.80 bits per heavy atom. The van der Waals surface area contributed by atoms with Gasteiger partial charge in [-0.2, -0.15) is 0 Å². The number of carbonyl (C=O) groups excluding carboxylic acids is 5. The van der Waals surface area contributed by atoms with Gasteiger partial charge in [0.2, 0.25) is 21.8 Å². The van der Waals surface area contributed by atoms with E-state index in [1.54, 1.807) is 12.1 Å². The Labute approximate surface area is 292 Å². The number of nitrogens with zero attached hydrogens (tertiary/aromatic N) is 2. The topological polar surface area (TPSA) is 209 Å². The van der Waals surface area contributed by atoms with E-state index in [9.17, 15) is 46.7 Å². The van der Waals surface area contributed by atoms with Gasteiger partial charge in [-0.1, -0.05) is 30.3 Å². The Morgan fingerprint density at radius 3 is 2.45 bits per heavy atom. The van der Waals surface area contributed by atoms with E-state index in [4.69, 9.17) is 4.74 Å². The van der Waals surface area contributed by atoms with Crippen LogP contribution in [0.15, 0.2) is 55.1 Å². The van der Waals surface area contributed by atoms with Gasteiger partial charge in [0.15, 0.2) is 0 Å². The number of fused-ring (bicyclic) bond motifs is 1. The zero-order valence-corrected chi connectivity index (χ0v) is 28.3. The molecule has 0 spiro atoms. The van der Waals surface area contributed by atoms with E-state index in [0.717, 1.165) is 16.7 Å². The van der Waals surface area contributed by atoms with E-state index < -0.39 is 92.8 Å². The second kappa shape index (κ2) is 13.4. The lowest BCUT2D eigenvalue weighted by atomic mass is 9.90. The Balaban J connectivity index is 1.26. The largest absolute Gasteiger partial charge is 0.465 e. The van der Waals surface area contributed by atoms with Gasteiger partial charge in [0.25, 0.3) is 11.8 Å². The standard InChI is InChI=1S/C34H36FN5O10S/c1-3-20-14-34(20,32(45)38-51(48,49)21-11-12-21)37-31(44)26-13-19(29-22-8-6-9-25(35)24(22)17-40(29)33(46)47)16-39(26)28(42)15-36-30(43)23-7-4-5-10-27(23)50-18(2)41/h3-10,19-21,26,29H,1,11-17H2,2H3,(H,36,43)(H,37,44)(H,38,45)(H,46,47)/t19-,20-,26+,29?,34-/m1/s1. The summed E-state index contributed by atoms with van der Waals surface area (Å²) < 4.78 is 47.2. The van der Waals surface area contributed by atoms with Crippen molar-refractivity contribution in [3.8, 4) is 5.75 Å². The van der Waals surface area contributed by atoms with Crippen LogP contribution in [0.2, 0.25) is 0 Å². The van der Waals surface area contributed by atoms with Crippen LogP contribution in [0.25, 0.3) is 0 Å². The molecule has 1 saturated heterocycles. The number of halogens is 1. The van der Waals surface area contributed by atoms with Crippen LogP contribution in [0.5, 0.6) is 5.75 Å². The van der Waals surface area contributed by atoms with Crippen LogP contribution in [0.3, 0.4) is 0 Å². The van der Waals surface area contributed by atoms with Crippen LogP contribution in [0, 0.1) is 17.7 Å². The van der Waals surface area contributed by atoms with Crippen LogP contribution in [-0.2, 0) is 35.7 Å². The highest BCUT2D eigenvalue weighted by Gasteiger charge is 2.62. The lowest BCUT2D eigenvalue weighted by Crippen LogP contribution is -2.57. The number of esters is 1. The van der Waals surface area contributed by atoms with Crippen LogP contribution in [0.1, 0.15) is 60.1 Å². The van der Waals surface area contributed by atoms with Gasteiger partial charge in [-0.3, -0.25) is 33.6 Å². The van der Waals surface area contributed by atoms with Gasteiger partial charge in [-0.25, -0.2) is 17.6 Å². The van der Waals surface area contributed by atoms with Gasteiger partial charge in [0.05, 0.1) is 29.9 Å². The van der Waals surface area contributed by atoms with Crippen molar-refractivity contribution < 1.29 is 51.4 Å². The molecule has 2 heterocycles. The normalized spacial score (nSPS) is 25.0. The molecule has 0 bridgehead atoms. The minimum Gasteiger partial charge on any atom is -0.465 e. The molecule has 3 fully saturated rings. The van der Waals surface area contributed by atoms with Gasteiger partial charge in [-0.05, 0) is 49.4 Å². The minimum atomic E-state index is -3.96. The smallest absolute Gasteiger partial charge is 0.408 e. The molecular weight excluding hydrogens is 689 g/mol. The maximum absolute atomic E-state index is 14.8. The molecule has 2 saturated carbocycles. The molecule has 270 valence electrons. The summed E-state index contributed by atoms with van der Waals surface area (Å²) in [6, 6.07) is 7.88. The van der Waals surface area contributed by atoms with Gasteiger partial charge in [-0.15, -0.1) is 6.58 Å². The van der Waals surface area contributed by atoms with Crippen LogP contribution >= 0.6 is 0 Å². The van der Waals surface area contributed by atoms with E-state index in [1.807, 2.05) is 0 Å². The van der Waals surface area contributed by atoms with Crippen molar-refractivity contribution in [1.82, 2.24) is 25.2 Å². The van der Waals surface area contributed by atoms with Crippen molar-refractivity contribution in [3.63, 3.8) is 0 Å². The molecule has 4 aliphatic rings. The minimum absolute atomic E-state index is 0.0333. The van der Waals surface area contributed by atoms with Crippen LogP contribution < -0.4 is 20.1 Å². The molecule has 2 aromatic carbocycles. The monoisotopic (exact) mass is 725 g/mol. The molecule has 15 nitrogen and oxygen atoms in total. The Morgan fingerprint density at radius 1 is 1.08 bits per heavy atom. The fourth-order valence-corrected chi connectivity index (χ4v) is 8.41. The summed E-state index contributed by atoms with van der Waals surface area (Å²) in [5, 5.41) is 14.5. The first-order chi connectivity index (χ1) is 24.2. The number of ether oxygens (including phenoxy) is 1. The number of carboxylic acid groups (broad SMARTS) is 1. The second-order valence-corrected chi connectivity index (χ2v) is 15.1. The SMILES string of the molecule is C=C[C@@H]1C[C@]1(NC(=O)[C@@H]1C[C@@H](C2c3cccc(F)c3CN2C(=O)O)CN1C(=O)CNC(=O)c1ccccc1OC(C)=O)C(=O)NS(=O)(=O)C1CC1. The molecule has 5 atom stereocenters. The van der Waals surface area contributed by atoms with E-state index in [-0.39, 0.29) is 42.8 Å². The Kier molecular flexibility index (Phi) is 9.35. The molecule has 2 aliphatic heterocycles. The molecule has 0 radical (unpaired) electrons. The quantitative estimate of drug-likeness (QED) is 0.149. The fraction of sp³-hybridized carbons (Fsp3) is 0.412. The number of sulfonamides is 1. The van der Waals surface area contributed by atoms with Gasteiger partial charge >= 0.3 is 12.1 Å². The van der Waals surface area contributed by atoms with Crippen molar-refractivity contribution in [1.29, 1.82) is 0 Å². The number of amides is 5. The highest BCUT2D eigenvalue weighted by atomic mass is 32.2. The fourth-order valence-electron chi connectivity index (χ4n) is 7.04. The highest BCUT2D eigenvalue weighted by Crippen LogP contribution is 2.47. The lowest BCUT2D eigenvalue weighted by molar-refractivity contribution is -0.139. The van der Waals surface area contributed by atoms with E-state index in [0.29, 0.717) is 18.4 Å². The predicted octanol–water partition coefficient (Wildman–Crippen LogP) is 1.60. The van der Waals surface area contributed by atoms with Crippen molar-refractivity contribution in [2.75, 3.05) is 13.1 Å². The third-order valence-corrected chi connectivity index (χ3v) is 11.6. The Hall–Kier alpha value is -5.32. The highest BCUT2D eigenvalue weighted by molar-refractivity contribution is 7.91. The number of likely N-dealkylation sites (tertiary alicyclic amines) is 1. The van der Waals surface area contributed by atoms with Crippen molar-refractivity contribution in [2.45, 2.75) is 62.0 Å². The summed E-state index contributed by atoms with van der Waals surface area (Å²) in [7, 11) is -3.96. The van der Waals surface area contributed by atoms with Crippen LogP contribution in [0.4, 0.5) is 9.18 Å². The van der Waals surface area contributed by atoms with Crippen molar-refractivity contribution >= 4 is 45.7 Å². The summed E-state index contributed by atoms with van der Waals surface area (Å²) in [6.45, 7) is 3.80. The van der Waals surface area contributed by atoms with Crippen molar-refractivity contribution in [2.24, 2.45) is 11.8 Å². The zero-order chi connectivity index (χ0) is 36.8. The van der Waals surface area contributed by atoms with E-state index >= 15 is 0 Å². The predicted molar refractivity (Wildman–Crippen MR) is 176 cm³/mol. The second-order valence-electron chi connectivity index (χ2n) is 13.2. The number of hydrogen-bond donors (Lipinski definition) is 4. The molecule has 17 heteroatoms. The number of hydrogen-bond acceptors (Lipinski definition) is 9. The molecule has 4 N–H and O–H groups in total. The lowest BCUT2D eigenvalue weighted by Gasteiger charge is -2.28. The Bertz CT molecular complexity index is 1950. The molecule has 51 heavy (non-hydrogen) atoms. The molecule has 2 aliphatic carbocycles. The van der Waals surface area contributed by atoms with E-state index in [1.165, 1.54) is 36.4 Å². The van der Waals surface area contributed by atoms with Gasteiger partial charge in [0.1, 0.15) is 23.1 Å². The number of para-hydroxylation sites is 1. The maximum atomic E-state index is 14.8. The molecule has 0 aromatic heterocycles. The number of carbonyl (C=O) groups is 6. The number of nitrogens with one attached hydrogen (secondary N) is 3. The first-order valence-corrected chi connectivity index (χ1v) is 17.8. The maximum Gasteiger partial charge on any atom is 0.408 e. The van der Waals surface area contributed by atoms with Crippen molar-refractivity contribution in [3.05, 3.63) is 77.6 Å². The summed E-state index contributed by atoms with van der Waals surface area (Å²) in [4.78, 5) is 80.4. The first-order valence-electron chi connectivity index (χ1n) is 16.3. The first kappa shape index (κ1) is 35.5. The summed E-state index contributed by atoms with van der Waals surface area (Å²) >= 11 is 0. The van der Waals surface area contributed by atoms with Gasteiger partial charge in [0, 0.05) is 30.9 Å². The molecule has 2 aromatic rings. The molecular formula is C34H36FN5O10S. The zero-order valence-electron chi connectivity index (χ0n) is 27.5. The molecule has 1 unspecified atom stereocenters. The summed E-state index contributed by atoms with van der Waals surface area (Å²) in [5.74, 6) is -5.87. The third-order valence-electron chi connectivity index (χ3n) is 9.82. The number of rotatable bonds is 11. The summed E-state index contributed by atoms with van der Waals surface area (Å²) in [5.41, 5.74) is -1.12. The summed E-state index contributed by atoms with van der Waals surface area (Å²) in [6.07, 6.45) is 0.837. The average molecular weight is 726 g/mol. The molecule has 6 rings (SSSR count). The van der Waals surface area contributed by atoms with E-state index in [2.05, 4.69) is 21.9 Å². The van der Waals surface area contributed by atoms with Gasteiger partial charge < -0.3 is 25.4 Å². The average Bonchev–Trinajstić information content (AvgIpc) is 3.97. The third kappa shape index (κ3) is 6.89. The van der Waals surface area contributed by atoms with Crippen LogP contribution in [-0.4, -0.2) is 88.9 Å². The molecule has 5 amide bonds. The number of benzene rings is 2.